The van der Waals surface area contributed by atoms with E-state index in [1.807, 2.05) is 24.3 Å². The zero-order chi connectivity index (χ0) is 12.3. The van der Waals surface area contributed by atoms with Crippen molar-refractivity contribution in [3.8, 4) is 0 Å². The molecule has 2 N–H and O–H groups in total. The highest BCUT2D eigenvalue weighted by Gasteiger charge is 2.22. The second kappa shape index (κ2) is 5.82. The molecule has 2 atom stereocenters. The van der Waals surface area contributed by atoms with Crippen molar-refractivity contribution in [1.29, 1.82) is 0 Å². The fourth-order valence-corrected chi connectivity index (χ4v) is 2.84. The Balaban J connectivity index is 1.99. The molecule has 1 aromatic carbocycles. The van der Waals surface area contributed by atoms with E-state index < -0.39 is 0 Å². The van der Waals surface area contributed by atoms with Crippen molar-refractivity contribution in [3.63, 3.8) is 0 Å². The molecule has 0 radical (unpaired) electrons. The molecular weight excluding hydrogens is 329 g/mol. The van der Waals surface area contributed by atoms with E-state index >= 15 is 0 Å². The molecule has 0 saturated heterocycles. The molecule has 17 heavy (non-hydrogen) atoms. The van der Waals surface area contributed by atoms with E-state index in [-0.39, 0.29) is 18.1 Å². The Kier molecular flexibility index (Phi) is 4.39. The molecule has 4 heteroatoms. The van der Waals surface area contributed by atoms with E-state index in [0.29, 0.717) is 12.0 Å². The van der Waals surface area contributed by atoms with Gasteiger partial charge in [-0.1, -0.05) is 12.1 Å². The predicted octanol–water partition coefficient (Wildman–Crippen LogP) is 2.32. The maximum atomic E-state index is 12.0. The Bertz CT molecular complexity index is 408. The highest BCUT2D eigenvalue weighted by molar-refractivity contribution is 14.1. The number of carbonyl (C=O) groups is 1. The van der Waals surface area contributed by atoms with Crippen LogP contribution in [0.15, 0.2) is 24.3 Å². The van der Waals surface area contributed by atoms with Gasteiger partial charge in [0.1, 0.15) is 0 Å². The van der Waals surface area contributed by atoms with Crippen LogP contribution >= 0.6 is 22.6 Å². The summed E-state index contributed by atoms with van der Waals surface area (Å²) in [5, 5.41) is 12.6. The van der Waals surface area contributed by atoms with Gasteiger partial charge in [0.15, 0.2) is 0 Å². The average molecular weight is 345 g/mol. The minimum absolute atomic E-state index is 0.0332. The Morgan fingerprint density at radius 1 is 1.35 bits per heavy atom. The molecule has 1 amide bonds. The molecule has 1 aliphatic carbocycles. The number of aliphatic hydroxyl groups is 1. The summed E-state index contributed by atoms with van der Waals surface area (Å²) in [6, 6.07) is 7.65. The third-order valence-electron chi connectivity index (χ3n) is 3.10. The molecule has 0 bridgehead atoms. The first-order valence-corrected chi connectivity index (χ1v) is 6.98. The first-order valence-electron chi connectivity index (χ1n) is 5.90. The minimum atomic E-state index is -0.260. The van der Waals surface area contributed by atoms with Crippen LogP contribution in [-0.2, 0) is 0 Å². The molecule has 1 fully saturated rings. The van der Waals surface area contributed by atoms with Crippen molar-refractivity contribution in [1.82, 2.24) is 5.32 Å². The predicted molar refractivity (Wildman–Crippen MR) is 74.9 cm³/mol. The van der Waals surface area contributed by atoms with Crippen molar-refractivity contribution in [2.45, 2.75) is 37.8 Å². The largest absolute Gasteiger partial charge is 0.393 e. The molecule has 3 nitrogen and oxygen atoms in total. The number of carbonyl (C=O) groups excluding carboxylic acids is 1. The Hall–Kier alpha value is -0.620. The normalized spacial score (nSPS) is 24.4. The molecule has 1 aromatic rings. The molecule has 92 valence electrons. The number of nitrogens with one attached hydrogen (secondary N) is 1. The van der Waals surface area contributed by atoms with E-state index in [4.69, 9.17) is 0 Å². The molecule has 2 unspecified atom stereocenters. The fourth-order valence-electron chi connectivity index (χ4n) is 2.20. The lowest BCUT2D eigenvalue weighted by Crippen LogP contribution is -2.40. The topological polar surface area (TPSA) is 49.3 Å². The number of benzene rings is 1. The summed E-state index contributed by atoms with van der Waals surface area (Å²) in [7, 11) is 0. The van der Waals surface area contributed by atoms with Gasteiger partial charge in [-0.15, -0.1) is 0 Å². The summed E-state index contributed by atoms with van der Waals surface area (Å²) >= 11 is 2.16. The maximum Gasteiger partial charge on any atom is 0.252 e. The van der Waals surface area contributed by atoms with Crippen LogP contribution in [-0.4, -0.2) is 23.2 Å². The highest BCUT2D eigenvalue weighted by Crippen LogP contribution is 2.19. The van der Waals surface area contributed by atoms with E-state index in [1.165, 1.54) is 0 Å². The monoisotopic (exact) mass is 345 g/mol. The van der Waals surface area contributed by atoms with E-state index in [1.54, 1.807) is 0 Å². The van der Waals surface area contributed by atoms with Crippen LogP contribution in [0.3, 0.4) is 0 Å². The van der Waals surface area contributed by atoms with E-state index in [2.05, 4.69) is 27.9 Å². The van der Waals surface area contributed by atoms with Gasteiger partial charge in [-0.2, -0.15) is 0 Å². The second-order valence-corrected chi connectivity index (χ2v) is 5.63. The van der Waals surface area contributed by atoms with Gasteiger partial charge in [0, 0.05) is 9.61 Å². The third kappa shape index (κ3) is 3.42. The van der Waals surface area contributed by atoms with Crippen molar-refractivity contribution < 1.29 is 9.90 Å². The fraction of sp³-hybridized carbons (Fsp3) is 0.462. The SMILES string of the molecule is O=C(NC1CCCC(O)C1)c1ccccc1I. The lowest BCUT2D eigenvalue weighted by atomic mass is 9.93. The average Bonchev–Trinajstić information content (AvgIpc) is 2.29. The molecule has 0 aliphatic heterocycles. The molecule has 2 rings (SSSR count). The number of amides is 1. The molecule has 0 aromatic heterocycles. The Morgan fingerprint density at radius 3 is 2.82 bits per heavy atom. The summed E-state index contributed by atoms with van der Waals surface area (Å²) in [5.41, 5.74) is 0.716. The number of hydrogen-bond acceptors (Lipinski definition) is 2. The Labute approximate surface area is 115 Å². The highest BCUT2D eigenvalue weighted by atomic mass is 127. The molecule has 1 aliphatic rings. The number of halogens is 1. The smallest absolute Gasteiger partial charge is 0.252 e. The van der Waals surface area contributed by atoms with Crippen LogP contribution in [0.4, 0.5) is 0 Å². The summed E-state index contributed by atoms with van der Waals surface area (Å²) in [6.07, 6.45) is 3.22. The van der Waals surface area contributed by atoms with Crippen LogP contribution in [0, 0.1) is 3.57 Å². The first kappa shape index (κ1) is 12.8. The number of aliphatic hydroxyl groups excluding tert-OH is 1. The zero-order valence-electron chi connectivity index (χ0n) is 9.53. The van der Waals surface area contributed by atoms with E-state index in [0.717, 1.165) is 22.8 Å². The molecule has 0 heterocycles. The van der Waals surface area contributed by atoms with Crippen molar-refractivity contribution >= 4 is 28.5 Å². The van der Waals surface area contributed by atoms with Crippen molar-refractivity contribution in [2.24, 2.45) is 0 Å². The second-order valence-electron chi connectivity index (χ2n) is 4.47. The third-order valence-corrected chi connectivity index (χ3v) is 4.04. The van der Waals surface area contributed by atoms with Gasteiger partial charge < -0.3 is 10.4 Å². The number of hydrogen-bond donors (Lipinski definition) is 2. The number of rotatable bonds is 2. The van der Waals surface area contributed by atoms with Gasteiger partial charge >= 0.3 is 0 Å². The van der Waals surface area contributed by atoms with Crippen molar-refractivity contribution in [3.05, 3.63) is 33.4 Å². The summed E-state index contributed by atoms with van der Waals surface area (Å²) in [6.45, 7) is 0. The maximum absolute atomic E-state index is 12.0. The molecular formula is C13H16INO2. The van der Waals surface area contributed by atoms with Crippen LogP contribution in [0.1, 0.15) is 36.0 Å². The standard InChI is InChI=1S/C13H16INO2/c14-12-7-2-1-6-11(12)13(17)15-9-4-3-5-10(16)8-9/h1-2,6-7,9-10,16H,3-5,8H2,(H,15,17). The summed E-state index contributed by atoms with van der Waals surface area (Å²) < 4.78 is 0.957. The van der Waals surface area contributed by atoms with Crippen LogP contribution in [0.5, 0.6) is 0 Å². The minimum Gasteiger partial charge on any atom is -0.393 e. The lowest BCUT2D eigenvalue weighted by Gasteiger charge is -2.26. The van der Waals surface area contributed by atoms with Gasteiger partial charge in [0.25, 0.3) is 5.91 Å². The van der Waals surface area contributed by atoms with Gasteiger partial charge in [-0.3, -0.25) is 4.79 Å². The van der Waals surface area contributed by atoms with E-state index in [9.17, 15) is 9.90 Å². The zero-order valence-corrected chi connectivity index (χ0v) is 11.7. The van der Waals surface area contributed by atoms with Crippen LogP contribution in [0.25, 0.3) is 0 Å². The molecule has 0 spiro atoms. The van der Waals surface area contributed by atoms with Gasteiger partial charge in [-0.25, -0.2) is 0 Å². The van der Waals surface area contributed by atoms with Crippen LogP contribution in [0.2, 0.25) is 0 Å². The van der Waals surface area contributed by atoms with Crippen molar-refractivity contribution in [2.75, 3.05) is 0 Å². The van der Waals surface area contributed by atoms with Gasteiger partial charge in [0.05, 0.1) is 11.7 Å². The lowest BCUT2D eigenvalue weighted by molar-refractivity contribution is 0.0849. The Morgan fingerprint density at radius 2 is 2.12 bits per heavy atom. The first-order chi connectivity index (χ1) is 8.16. The van der Waals surface area contributed by atoms with Gasteiger partial charge in [-0.05, 0) is 60.4 Å². The molecule has 1 saturated carbocycles. The quantitative estimate of drug-likeness (QED) is 0.809. The summed E-state index contributed by atoms with van der Waals surface area (Å²) in [4.78, 5) is 12.0. The summed E-state index contributed by atoms with van der Waals surface area (Å²) in [5.74, 6) is -0.0332. The van der Waals surface area contributed by atoms with Crippen LogP contribution < -0.4 is 5.32 Å². The van der Waals surface area contributed by atoms with Gasteiger partial charge in [0.2, 0.25) is 0 Å².